The molecule has 5 nitrogen and oxygen atoms in total. The summed E-state index contributed by atoms with van der Waals surface area (Å²) < 4.78 is 27.2. The van der Waals surface area contributed by atoms with E-state index in [-0.39, 0.29) is 16.9 Å². The van der Waals surface area contributed by atoms with Crippen molar-refractivity contribution in [3.8, 4) is 6.07 Å². The number of nitrogens with zero attached hydrogens (tertiary/aromatic N) is 2. The number of H-pyrrole nitrogens is 1. The summed E-state index contributed by atoms with van der Waals surface area (Å²) in [6.07, 6.45) is 1.19. The molecule has 0 fully saturated rings. The molecule has 0 saturated carbocycles. The van der Waals surface area contributed by atoms with Crippen LogP contribution >= 0.6 is 0 Å². The van der Waals surface area contributed by atoms with Gasteiger partial charge in [-0.1, -0.05) is 6.07 Å². The number of carbonyl (C=O) groups excluding carboxylic acids is 1. The lowest BCUT2D eigenvalue weighted by atomic mass is 10.1. The second kappa shape index (κ2) is 4.86. The van der Waals surface area contributed by atoms with Crippen LogP contribution in [0.2, 0.25) is 0 Å². The van der Waals surface area contributed by atoms with Crippen LogP contribution in [0.4, 0.5) is 14.6 Å². The maximum atomic E-state index is 13.7. The molecule has 2 rings (SSSR count). The molecule has 0 aliphatic rings. The van der Waals surface area contributed by atoms with E-state index in [2.05, 4.69) is 15.5 Å². The lowest BCUT2D eigenvalue weighted by Gasteiger charge is -2.07. The first-order valence-electron chi connectivity index (χ1n) is 5.24. The monoisotopic (exact) mass is 262 g/mol. The van der Waals surface area contributed by atoms with Crippen molar-refractivity contribution in [1.29, 1.82) is 5.26 Å². The number of hydrogen-bond acceptors (Lipinski definition) is 3. The highest BCUT2D eigenvalue weighted by Gasteiger charge is 2.20. The van der Waals surface area contributed by atoms with Gasteiger partial charge in [0.1, 0.15) is 34.6 Å². The van der Waals surface area contributed by atoms with E-state index in [9.17, 15) is 13.6 Å². The third kappa shape index (κ3) is 2.28. The van der Waals surface area contributed by atoms with Crippen molar-refractivity contribution in [2.75, 3.05) is 5.32 Å². The van der Waals surface area contributed by atoms with Gasteiger partial charge >= 0.3 is 0 Å². The topological polar surface area (TPSA) is 81.6 Å². The number of carbonyl (C=O) groups is 1. The maximum Gasteiger partial charge on any atom is 0.262 e. The molecule has 0 saturated heterocycles. The third-order valence-corrected chi connectivity index (χ3v) is 2.51. The summed E-state index contributed by atoms with van der Waals surface area (Å²) >= 11 is 0. The normalized spacial score (nSPS) is 10.0. The summed E-state index contributed by atoms with van der Waals surface area (Å²) in [4.78, 5) is 11.8. The van der Waals surface area contributed by atoms with Gasteiger partial charge in [0.2, 0.25) is 0 Å². The van der Waals surface area contributed by atoms with Gasteiger partial charge in [-0.2, -0.15) is 10.4 Å². The molecule has 0 bridgehead atoms. The summed E-state index contributed by atoms with van der Waals surface area (Å²) in [5, 5.41) is 16.9. The predicted molar refractivity (Wildman–Crippen MR) is 62.4 cm³/mol. The highest BCUT2D eigenvalue weighted by molar-refractivity contribution is 6.04. The van der Waals surface area contributed by atoms with Gasteiger partial charge in [-0.3, -0.25) is 9.89 Å². The van der Waals surface area contributed by atoms with Crippen molar-refractivity contribution in [3.63, 3.8) is 0 Å². The van der Waals surface area contributed by atoms with E-state index < -0.39 is 23.1 Å². The minimum atomic E-state index is -0.987. The lowest BCUT2D eigenvalue weighted by molar-refractivity contribution is 0.101. The van der Waals surface area contributed by atoms with Gasteiger partial charge in [-0.25, -0.2) is 8.78 Å². The number of hydrogen-bond donors (Lipinski definition) is 2. The summed E-state index contributed by atoms with van der Waals surface area (Å²) in [5.74, 6) is -2.90. The van der Waals surface area contributed by atoms with Crippen molar-refractivity contribution in [2.45, 2.75) is 6.92 Å². The van der Waals surface area contributed by atoms with Gasteiger partial charge in [-0.05, 0) is 18.6 Å². The molecule has 0 radical (unpaired) electrons. The van der Waals surface area contributed by atoms with Gasteiger partial charge in [0.25, 0.3) is 5.91 Å². The Morgan fingerprint density at radius 2 is 2.21 bits per heavy atom. The number of rotatable bonds is 2. The van der Waals surface area contributed by atoms with E-state index in [1.807, 2.05) is 0 Å². The van der Waals surface area contributed by atoms with Gasteiger partial charge in [-0.15, -0.1) is 0 Å². The van der Waals surface area contributed by atoms with Crippen LogP contribution in [0, 0.1) is 29.9 Å². The van der Waals surface area contributed by atoms with Crippen LogP contribution in [0.5, 0.6) is 0 Å². The molecule has 19 heavy (non-hydrogen) atoms. The standard InChI is InChI=1S/C12H8F2N4O/c1-6-2-3-8(13)9(10(6)14)12(19)17-11-7(4-15)5-16-18-11/h2-3,5H,1H3,(H2,16,17,18,19). The summed E-state index contributed by atoms with van der Waals surface area (Å²) in [5.41, 5.74) is -0.475. The Labute approximate surface area is 106 Å². The first-order chi connectivity index (χ1) is 9.04. The molecule has 96 valence electrons. The molecular formula is C12H8F2N4O. The van der Waals surface area contributed by atoms with Crippen molar-refractivity contribution >= 4 is 11.7 Å². The largest absolute Gasteiger partial charge is 0.306 e. The molecule has 0 unspecified atom stereocenters. The zero-order chi connectivity index (χ0) is 14.0. The molecule has 0 atom stereocenters. The Hall–Kier alpha value is -2.75. The molecule has 2 N–H and O–H groups in total. The summed E-state index contributed by atoms with van der Waals surface area (Å²) in [7, 11) is 0. The number of amides is 1. The number of aromatic amines is 1. The maximum absolute atomic E-state index is 13.7. The van der Waals surface area contributed by atoms with Crippen LogP contribution in [-0.4, -0.2) is 16.1 Å². The van der Waals surface area contributed by atoms with E-state index in [1.54, 1.807) is 6.07 Å². The molecule has 0 aliphatic heterocycles. The average molecular weight is 262 g/mol. The Morgan fingerprint density at radius 1 is 1.47 bits per heavy atom. The number of halogens is 2. The number of benzene rings is 1. The first kappa shape index (κ1) is 12.7. The Bertz CT molecular complexity index is 688. The molecule has 1 amide bonds. The van der Waals surface area contributed by atoms with Gasteiger partial charge in [0.15, 0.2) is 0 Å². The van der Waals surface area contributed by atoms with Crippen molar-refractivity contribution in [1.82, 2.24) is 10.2 Å². The van der Waals surface area contributed by atoms with Crippen LogP contribution in [-0.2, 0) is 0 Å². The van der Waals surface area contributed by atoms with Crippen molar-refractivity contribution in [2.24, 2.45) is 0 Å². The smallest absolute Gasteiger partial charge is 0.262 e. The number of aromatic nitrogens is 2. The zero-order valence-electron chi connectivity index (χ0n) is 9.79. The fraction of sp³-hybridized carbons (Fsp3) is 0.0833. The second-order valence-corrected chi connectivity index (χ2v) is 3.78. The second-order valence-electron chi connectivity index (χ2n) is 3.78. The average Bonchev–Trinajstić information content (AvgIpc) is 2.81. The highest BCUT2D eigenvalue weighted by atomic mass is 19.1. The fourth-order valence-electron chi connectivity index (χ4n) is 1.51. The van der Waals surface area contributed by atoms with Crippen LogP contribution < -0.4 is 5.32 Å². The van der Waals surface area contributed by atoms with Crippen LogP contribution in [0.3, 0.4) is 0 Å². The number of nitrogens with one attached hydrogen (secondary N) is 2. The molecule has 1 aromatic heterocycles. The number of anilines is 1. The first-order valence-corrected chi connectivity index (χ1v) is 5.24. The van der Waals surface area contributed by atoms with Crippen molar-refractivity contribution in [3.05, 3.63) is 46.7 Å². The summed E-state index contributed by atoms with van der Waals surface area (Å²) in [6.45, 7) is 1.42. The fourth-order valence-corrected chi connectivity index (χ4v) is 1.51. The van der Waals surface area contributed by atoms with Crippen LogP contribution in [0.1, 0.15) is 21.5 Å². The molecule has 0 spiro atoms. The molecular weight excluding hydrogens is 254 g/mol. The molecule has 1 heterocycles. The minimum Gasteiger partial charge on any atom is -0.306 e. The third-order valence-electron chi connectivity index (χ3n) is 2.51. The molecule has 7 heteroatoms. The minimum absolute atomic E-state index is 0.00666. The zero-order valence-corrected chi connectivity index (χ0v) is 9.79. The SMILES string of the molecule is Cc1ccc(F)c(C(=O)Nc2[nH]ncc2C#N)c1F. The van der Waals surface area contributed by atoms with Crippen molar-refractivity contribution < 1.29 is 13.6 Å². The Morgan fingerprint density at radius 3 is 2.89 bits per heavy atom. The summed E-state index contributed by atoms with van der Waals surface area (Å²) in [6, 6.07) is 4.02. The van der Waals surface area contributed by atoms with Gasteiger partial charge < -0.3 is 5.32 Å². The molecule has 1 aromatic carbocycles. The van der Waals surface area contributed by atoms with Gasteiger partial charge in [0.05, 0.1) is 6.20 Å². The van der Waals surface area contributed by atoms with E-state index in [0.29, 0.717) is 0 Å². The van der Waals surface area contributed by atoms with E-state index >= 15 is 0 Å². The lowest BCUT2D eigenvalue weighted by Crippen LogP contribution is -2.17. The van der Waals surface area contributed by atoms with E-state index in [1.165, 1.54) is 19.2 Å². The van der Waals surface area contributed by atoms with Gasteiger partial charge in [0, 0.05) is 0 Å². The quantitative estimate of drug-likeness (QED) is 0.869. The molecule has 2 aromatic rings. The van der Waals surface area contributed by atoms with Crippen LogP contribution in [0.25, 0.3) is 0 Å². The van der Waals surface area contributed by atoms with Crippen LogP contribution in [0.15, 0.2) is 18.3 Å². The van der Waals surface area contributed by atoms with E-state index in [0.717, 1.165) is 6.07 Å². The number of nitriles is 1. The predicted octanol–water partition coefficient (Wildman–Crippen LogP) is 2.12. The highest BCUT2D eigenvalue weighted by Crippen LogP contribution is 2.18. The Kier molecular flexibility index (Phi) is 3.25. The van der Waals surface area contributed by atoms with E-state index in [4.69, 9.17) is 5.26 Å². The number of aryl methyl sites for hydroxylation is 1. The molecule has 0 aliphatic carbocycles. The Balaban J connectivity index is 2.37.